The molecule has 1 aliphatic rings. The molecule has 0 radical (unpaired) electrons. The maximum absolute atomic E-state index is 11.0. The van der Waals surface area contributed by atoms with E-state index in [1.807, 2.05) is 29.9 Å². The van der Waals surface area contributed by atoms with E-state index in [9.17, 15) is 4.79 Å². The Morgan fingerprint density at radius 3 is 3.14 bits per heavy atom. The van der Waals surface area contributed by atoms with E-state index in [-0.39, 0.29) is 5.91 Å². The molecule has 3 rings (SSSR count). The molecule has 1 fully saturated rings. The number of carbonyl (C=O) groups excluding carboxylic acids is 1. The van der Waals surface area contributed by atoms with Crippen LogP contribution in [0.5, 0.6) is 0 Å². The molecule has 0 saturated carbocycles. The number of hydrogen-bond acceptors (Lipinski definition) is 5. The molecule has 0 aliphatic carbocycles. The zero-order valence-electron chi connectivity index (χ0n) is 12.2. The Labute approximate surface area is 122 Å². The molecule has 7 nitrogen and oxygen atoms in total. The maximum Gasteiger partial charge on any atom is 0.222 e. The quantitative estimate of drug-likeness (QED) is 0.925. The smallest absolute Gasteiger partial charge is 0.222 e. The molecule has 0 unspecified atom stereocenters. The van der Waals surface area contributed by atoms with Crippen LogP contribution in [0.25, 0.3) is 0 Å². The summed E-state index contributed by atoms with van der Waals surface area (Å²) in [6, 6.07) is 4.13. The first kappa shape index (κ1) is 13.8. The first-order chi connectivity index (χ1) is 10.1. The number of anilines is 1. The highest BCUT2D eigenvalue weighted by Crippen LogP contribution is 2.23. The monoisotopic (exact) mass is 289 g/mol. The van der Waals surface area contributed by atoms with E-state index in [1.54, 1.807) is 0 Å². The molecule has 0 bridgehead atoms. The van der Waals surface area contributed by atoms with Crippen LogP contribution >= 0.6 is 0 Å². The lowest BCUT2D eigenvalue weighted by Gasteiger charge is -2.14. The molecule has 1 atom stereocenters. The lowest BCUT2D eigenvalue weighted by atomic mass is 10.3. The highest BCUT2D eigenvalue weighted by atomic mass is 16.5. The van der Waals surface area contributed by atoms with Crippen LogP contribution in [0.3, 0.4) is 0 Å². The van der Waals surface area contributed by atoms with Crippen LogP contribution in [0.15, 0.2) is 22.9 Å². The van der Waals surface area contributed by atoms with Crippen molar-refractivity contribution in [2.24, 2.45) is 0 Å². The van der Waals surface area contributed by atoms with Gasteiger partial charge < -0.3 is 9.84 Å². The minimum Gasteiger partial charge on any atom is -0.361 e. The molecule has 7 heteroatoms. The molecular weight excluding hydrogens is 270 g/mol. The molecule has 2 aromatic rings. The molecule has 1 amide bonds. The Morgan fingerprint density at radius 2 is 2.43 bits per heavy atom. The van der Waals surface area contributed by atoms with Crippen molar-refractivity contribution in [1.82, 2.24) is 19.8 Å². The standard InChI is InChI=1S/C14H19N5O2/c1-10-7-12(17-21-10)8-18-5-3-13(9-18)19-6-4-14(16-19)15-11(2)20/h4,6-7,13H,3,5,8-9H2,1-2H3,(H,15,16,20)/t13-/m0/s1. The fourth-order valence-corrected chi connectivity index (χ4v) is 2.68. The van der Waals surface area contributed by atoms with Gasteiger partial charge in [0.2, 0.25) is 5.91 Å². The molecule has 0 aromatic carbocycles. The molecule has 3 heterocycles. The Kier molecular flexibility index (Phi) is 3.74. The van der Waals surface area contributed by atoms with Gasteiger partial charge in [0.15, 0.2) is 5.82 Å². The fraction of sp³-hybridized carbons (Fsp3) is 0.500. The molecule has 2 aromatic heterocycles. The number of aryl methyl sites for hydroxylation is 1. The molecular formula is C14H19N5O2. The first-order valence-electron chi connectivity index (χ1n) is 7.07. The van der Waals surface area contributed by atoms with Gasteiger partial charge in [-0.3, -0.25) is 14.4 Å². The fourth-order valence-electron chi connectivity index (χ4n) is 2.68. The number of likely N-dealkylation sites (tertiary alicyclic amines) is 1. The SMILES string of the molecule is CC(=O)Nc1ccn([C@H]2CCN(Cc3cc(C)on3)C2)n1. The second-order valence-electron chi connectivity index (χ2n) is 5.47. The van der Waals surface area contributed by atoms with Gasteiger partial charge in [0.1, 0.15) is 5.76 Å². The highest BCUT2D eigenvalue weighted by Gasteiger charge is 2.25. The predicted octanol–water partition coefficient (Wildman–Crippen LogP) is 1.58. The minimum atomic E-state index is -0.102. The Bertz CT molecular complexity index is 633. The zero-order valence-corrected chi connectivity index (χ0v) is 12.2. The van der Waals surface area contributed by atoms with Gasteiger partial charge in [0.05, 0.1) is 11.7 Å². The summed E-state index contributed by atoms with van der Waals surface area (Å²) in [4.78, 5) is 13.4. The van der Waals surface area contributed by atoms with Crippen molar-refractivity contribution in [3.8, 4) is 0 Å². The molecule has 1 saturated heterocycles. The van der Waals surface area contributed by atoms with Crippen LogP contribution in [0, 0.1) is 6.92 Å². The van der Waals surface area contributed by atoms with Crippen LogP contribution in [0.1, 0.15) is 30.8 Å². The van der Waals surface area contributed by atoms with Gasteiger partial charge in [-0.1, -0.05) is 5.16 Å². The second kappa shape index (κ2) is 5.69. The summed E-state index contributed by atoms with van der Waals surface area (Å²) in [5.74, 6) is 1.34. The zero-order chi connectivity index (χ0) is 14.8. The number of nitrogens with zero attached hydrogens (tertiary/aromatic N) is 4. The molecule has 1 aliphatic heterocycles. The summed E-state index contributed by atoms with van der Waals surface area (Å²) in [5, 5.41) is 11.1. The largest absolute Gasteiger partial charge is 0.361 e. The van der Waals surface area contributed by atoms with Crippen molar-refractivity contribution >= 4 is 11.7 Å². The Balaban J connectivity index is 1.58. The molecule has 0 spiro atoms. The number of aromatic nitrogens is 3. The average Bonchev–Trinajstić information content (AvgIpc) is 3.11. The lowest BCUT2D eigenvalue weighted by molar-refractivity contribution is -0.114. The van der Waals surface area contributed by atoms with Crippen molar-refractivity contribution < 1.29 is 9.32 Å². The van der Waals surface area contributed by atoms with Crippen LogP contribution in [0.2, 0.25) is 0 Å². The maximum atomic E-state index is 11.0. The summed E-state index contributed by atoms with van der Waals surface area (Å²) in [6.45, 7) is 6.11. The van der Waals surface area contributed by atoms with E-state index in [4.69, 9.17) is 4.52 Å². The number of rotatable bonds is 4. The normalized spacial score (nSPS) is 19.0. The van der Waals surface area contributed by atoms with E-state index in [2.05, 4.69) is 20.5 Å². The summed E-state index contributed by atoms with van der Waals surface area (Å²) in [7, 11) is 0. The van der Waals surface area contributed by atoms with Gasteiger partial charge in [-0.2, -0.15) is 5.10 Å². The predicted molar refractivity (Wildman–Crippen MR) is 76.7 cm³/mol. The second-order valence-corrected chi connectivity index (χ2v) is 5.47. The minimum absolute atomic E-state index is 0.102. The van der Waals surface area contributed by atoms with Crippen molar-refractivity contribution in [2.45, 2.75) is 32.9 Å². The van der Waals surface area contributed by atoms with Crippen LogP contribution in [0.4, 0.5) is 5.82 Å². The van der Waals surface area contributed by atoms with E-state index in [0.29, 0.717) is 11.9 Å². The molecule has 112 valence electrons. The van der Waals surface area contributed by atoms with Crippen LogP contribution in [-0.2, 0) is 11.3 Å². The number of hydrogen-bond donors (Lipinski definition) is 1. The summed E-state index contributed by atoms with van der Waals surface area (Å²) < 4.78 is 7.02. The van der Waals surface area contributed by atoms with Crippen LogP contribution in [-0.4, -0.2) is 38.8 Å². The third kappa shape index (κ3) is 3.30. The Morgan fingerprint density at radius 1 is 1.57 bits per heavy atom. The van der Waals surface area contributed by atoms with Crippen molar-refractivity contribution in [1.29, 1.82) is 0 Å². The van der Waals surface area contributed by atoms with Gasteiger partial charge in [0.25, 0.3) is 0 Å². The Hall–Kier alpha value is -2.15. The van der Waals surface area contributed by atoms with Gasteiger partial charge in [-0.05, 0) is 13.3 Å². The number of nitrogens with one attached hydrogen (secondary N) is 1. The average molecular weight is 289 g/mol. The van der Waals surface area contributed by atoms with Crippen molar-refractivity contribution in [3.05, 3.63) is 29.8 Å². The van der Waals surface area contributed by atoms with Gasteiger partial charge in [-0.15, -0.1) is 0 Å². The third-order valence-electron chi connectivity index (χ3n) is 3.60. The summed E-state index contributed by atoms with van der Waals surface area (Å²) >= 11 is 0. The number of carbonyl (C=O) groups is 1. The van der Waals surface area contributed by atoms with E-state index in [0.717, 1.165) is 37.5 Å². The summed E-state index contributed by atoms with van der Waals surface area (Å²) in [6.07, 6.45) is 2.96. The topological polar surface area (TPSA) is 76.2 Å². The van der Waals surface area contributed by atoms with E-state index >= 15 is 0 Å². The van der Waals surface area contributed by atoms with E-state index in [1.165, 1.54) is 6.92 Å². The van der Waals surface area contributed by atoms with Gasteiger partial charge in [0, 0.05) is 44.9 Å². The van der Waals surface area contributed by atoms with E-state index < -0.39 is 0 Å². The molecule has 21 heavy (non-hydrogen) atoms. The summed E-state index contributed by atoms with van der Waals surface area (Å²) in [5.41, 5.74) is 0.965. The third-order valence-corrected chi connectivity index (χ3v) is 3.60. The first-order valence-corrected chi connectivity index (χ1v) is 7.07. The van der Waals surface area contributed by atoms with Crippen molar-refractivity contribution in [2.75, 3.05) is 18.4 Å². The van der Waals surface area contributed by atoms with Gasteiger partial charge in [-0.25, -0.2) is 0 Å². The van der Waals surface area contributed by atoms with Crippen molar-refractivity contribution in [3.63, 3.8) is 0 Å². The van der Waals surface area contributed by atoms with Crippen LogP contribution < -0.4 is 5.32 Å². The highest BCUT2D eigenvalue weighted by molar-refractivity contribution is 5.87. The number of amides is 1. The van der Waals surface area contributed by atoms with Gasteiger partial charge >= 0.3 is 0 Å². The lowest BCUT2D eigenvalue weighted by Crippen LogP contribution is -2.21. The molecule has 1 N–H and O–H groups in total.